The number of nitrogens with one attached hydrogen (secondary N) is 3. The van der Waals surface area contributed by atoms with Crippen molar-refractivity contribution in [3.8, 4) is 0 Å². The lowest BCUT2D eigenvalue weighted by Crippen LogP contribution is -2.52. The van der Waals surface area contributed by atoms with Gasteiger partial charge in [-0.3, -0.25) is 33.6 Å². The Balaban J connectivity index is 1.06. The predicted octanol–water partition coefficient (Wildman–Crippen LogP) is -3.98. The maximum atomic E-state index is 12.6. The number of phosphoric acid groups is 2. The molecule has 2 aromatic rings. The monoisotopic (exact) mass is 740 g/mol. The summed E-state index contributed by atoms with van der Waals surface area (Å²) in [5.41, 5.74) is 9.84. The van der Waals surface area contributed by atoms with Crippen molar-refractivity contribution in [3.05, 3.63) is 41.4 Å². The van der Waals surface area contributed by atoms with Crippen molar-refractivity contribution in [2.24, 2.45) is 9.98 Å². The van der Waals surface area contributed by atoms with Crippen LogP contribution in [0.15, 0.2) is 29.4 Å². The molecule has 6 heterocycles. The minimum absolute atomic E-state index is 0.0216. The van der Waals surface area contributed by atoms with E-state index in [9.17, 15) is 38.7 Å². The molecule has 0 aromatic carbocycles. The van der Waals surface area contributed by atoms with Gasteiger partial charge in [-0.1, -0.05) is 0 Å². The Bertz CT molecular complexity index is 1980. The number of anilines is 4. The van der Waals surface area contributed by atoms with Crippen molar-refractivity contribution in [2.75, 3.05) is 41.6 Å². The minimum atomic E-state index is -5.38. The quantitative estimate of drug-likeness (QED) is 0.0862. The van der Waals surface area contributed by atoms with Gasteiger partial charge >= 0.3 is 15.6 Å². The number of aromatic amines is 2. The van der Waals surface area contributed by atoms with Crippen LogP contribution in [0.25, 0.3) is 0 Å². The lowest BCUT2D eigenvalue weighted by Gasteiger charge is -2.34. The first-order valence-corrected chi connectivity index (χ1v) is 17.1. The number of H-pyrrole nitrogens is 2. The second-order valence-electron chi connectivity index (χ2n) is 10.2. The van der Waals surface area contributed by atoms with E-state index in [-0.39, 0.29) is 50.7 Å². The maximum Gasteiger partial charge on any atom is 0.481 e. The fraction of sp³-hybridized carbons (Fsp3) is 0.500. The fourth-order valence-corrected chi connectivity index (χ4v) is 7.64. The third-order valence-electron chi connectivity index (χ3n) is 7.09. The zero-order valence-corrected chi connectivity index (χ0v) is 26.9. The van der Waals surface area contributed by atoms with Gasteiger partial charge in [-0.2, -0.15) is 14.3 Å². The molecule has 0 aliphatic carbocycles. The average molecular weight is 741 g/mol. The van der Waals surface area contributed by atoms with Crippen LogP contribution in [0, 0.1) is 0 Å². The average Bonchev–Trinajstić information content (AvgIpc) is 3.52. The molecule has 4 aliphatic rings. The smallest absolute Gasteiger partial charge is 0.387 e. The van der Waals surface area contributed by atoms with Crippen molar-refractivity contribution in [1.29, 1.82) is 0 Å². The van der Waals surface area contributed by atoms with E-state index in [2.05, 4.69) is 64.8 Å². The van der Waals surface area contributed by atoms with Crippen LogP contribution < -0.4 is 43.6 Å². The summed E-state index contributed by atoms with van der Waals surface area (Å²) in [5, 5.41) is 23.7. The fourth-order valence-electron chi connectivity index (χ4n) is 4.97. The van der Waals surface area contributed by atoms with Crippen molar-refractivity contribution < 1.29 is 52.0 Å². The van der Waals surface area contributed by atoms with Gasteiger partial charge in [-0.25, -0.2) is 14.1 Å². The van der Waals surface area contributed by atoms with Gasteiger partial charge in [0, 0.05) is 9.81 Å². The van der Waals surface area contributed by atoms with E-state index in [4.69, 9.17) is 30.0 Å². The topological polar surface area (TPSA) is 345 Å². The number of hydrogen-bond acceptors (Lipinski definition) is 21. The van der Waals surface area contributed by atoms with Gasteiger partial charge < -0.3 is 51.2 Å². The summed E-state index contributed by atoms with van der Waals surface area (Å²) < 4.78 is 50.4. The highest BCUT2D eigenvalue weighted by atomic mass is 32.1. The first kappa shape index (κ1) is 34.0. The molecule has 2 aromatic heterocycles. The molecule has 47 heavy (non-hydrogen) atoms. The molecule has 11 N–H and O–H groups in total. The number of ether oxygens (including phenoxy) is 2. The molecule has 27 heteroatoms. The zero-order chi connectivity index (χ0) is 34.0. The molecule has 2 unspecified atom stereocenters. The number of nitrogens with two attached hydrogens (primary N) is 2. The van der Waals surface area contributed by atoms with Crippen LogP contribution >= 0.6 is 40.9 Å². The molecule has 9 atom stereocenters. The van der Waals surface area contributed by atoms with Crippen LogP contribution in [0.2, 0.25) is 0 Å². The molecular weight excluding hydrogens is 714 g/mol. The number of phosphoric ester groups is 2. The number of aromatic nitrogens is 4. The zero-order valence-electron chi connectivity index (χ0n) is 23.3. The van der Waals surface area contributed by atoms with E-state index in [1.165, 1.54) is 4.90 Å². The van der Waals surface area contributed by atoms with E-state index in [0.29, 0.717) is 0 Å². The lowest BCUT2D eigenvalue weighted by molar-refractivity contribution is -0.0314. The van der Waals surface area contributed by atoms with Crippen LogP contribution in [0.3, 0.4) is 0 Å². The van der Waals surface area contributed by atoms with E-state index >= 15 is 0 Å². The second kappa shape index (κ2) is 12.5. The molecule has 0 saturated carbocycles. The van der Waals surface area contributed by atoms with Crippen molar-refractivity contribution in [3.63, 3.8) is 0 Å². The Morgan fingerprint density at radius 3 is 2.32 bits per heavy atom. The summed E-state index contributed by atoms with van der Waals surface area (Å²) >= 11 is 8.67. The number of fused-ring (bicyclic) bond motifs is 3. The molecule has 1 saturated heterocycles. The molecule has 0 amide bonds. The molecule has 1 fully saturated rings. The van der Waals surface area contributed by atoms with Crippen LogP contribution in [-0.4, -0.2) is 103 Å². The summed E-state index contributed by atoms with van der Waals surface area (Å²) in [6, 6.07) is -0.913. The van der Waals surface area contributed by atoms with E-state index in [0.717, 1.165) is 0 Å². The van der Waals surface area contributed by atoms with Crippen molar-refractivity contribution in [2.45, 2.75) is 42.9 Å². The van der Waals surface area contributed by atoms with Gasteiger partial charge in [0.05, 0.1) is 19.9 Å². The maximum absolute atomic E-state index is 12.6. The predicted molar refractivity (Wildman–Crippen MR) is 163 cm³/mol. The Morgan fingerprint density at radius 2 is 1.60 bits per heavy atom. The summed E-state index contributed by atoms with van der Waals surface area (Å²) in [4.78, 5) is 67.1. The molecule has 0 bridgehead atoms. The third kappa shape index (κ3) is 6.72. The third-order valence-corrected chi connectivity index (χ3v) is 10.9. The molecule has 4 aliphatic heterocycles. The van der Waals surface area contributed by atoms with Gasteiger partial charge in [0.1, 0.15) is 36.1 Å². The molecule has 0 radical (unpaired) electrons. The Kier molecular flexibility index (Phi) is 9.05. The van der Waals surface area contributed by atoms with Crippen molar-refractivity contribution >= 4 is 64.3 Å². The van der Waals surface area contributed by atoms with E-state index < -0.39 is 82.9 Å². The number of nitrogens with zero attached hydrogens (tertiary/aromatic N) is 5. The normalized spacial score (nSPS) is 30.7. The van der Waals surface area contributed by atoms with Gasteiger partial charge in [-0.05, 0) is 0 Å². The summed E-state index contributed by atoms with van der Waals surface area (Å²) in [7, 11) is -10.7. The highest BCUT2D eigenvalue weighted by molar-refractivity contribution is 7.88. The molecular formula is C20H26N10O13P2S2. The highest BCUT2D eigenvalue weighted by Crippen LogP contribution is 2.60. The van der Waals surface area contributed by atoms with E-state index in [1.54, 1.807) is 0 Å². The van der Waals surface area contributed by atoms with Crippen LogP contribution in [0.5, 0.6) is 0 Å². The van der Waals surface area contributed by atoms with Gasteiger partial charge in [0.25, 0.3) is 11.1 Å². The van der Waals surface area contributed by atoms with Crippen LogP contribution in [-0.2, 0) is 32.0 Å². The molecule has 0 spiro atoms. The number of thiol groups is 2. The number of rotatable bonds is 9. The van der Waals surface area contributed by atoms with Crippen LogP contribution in [0.4, 0.5) is 23.4 Å². The number of hydrogen-bond donors (Lipinski definition) is 11. The summed E-state index contributed by atoms with van der Waals surface area (Å²) in [6.07, 6.45) is -8.39. The Hall–Kier alpha value is -2.90. The van der Waals surface area contributed by atoms with E-state index in [1.807, 2.05) is 0 Å². The standard InChI is InChI=1S/C20H26N10O13P2S2/c21-19-26-13-7(15(33)28-19)24-6-12(47)11(46)5(41-17(6)25-13)2-40-45(37,38)43-44(35,36)39-1-4-9(31)10(32)18(42-4)30-3-23-8-14(30)27-20(22)29-16(8)34/h4-6,9-10,17-18,23,31-32,46-47H,1-3H2,(H,35,36)(H,37,38)(H3,22,27,29,34)(H3,21,25,26,28,33)/t4-,5-,6+,9-,10-,17-,18-/m1/s1. The number of aliphatic hydroxyl groups excluding tert-OH is 2. The van der Waals surface area contributed by atoms with Crippen LogP contribution in [0.1, 0.15) is 0 Å². The molecule has 256 valence electrons. The number of nitrogen functional groups attached to an aromatic ring is 2. The first-order chi connectivity index (χ1) is 22.0. The summed E-state index contributed by atoms with van der Waals surface area (Å²) in [6.45, 7) is -1.75. The summed E-state index contributed by atoms with van der Waals surface area (Å²) in [5.74, 6) is -0.414. The Labute approximate surface area is 271 Å². The number of aliphatic hydroxyl groups is 2. The largest absolute Gasteiger partial charge is 0.481 e. The van der Waals surface area contributed by atoms with Gasteiger partial charge in [0.2, 0.25) is 11.9 Å². The van der Waals surface area contributed by atoms with Gasteiger partial charge in [0.15, 0.2) is 29.1 Å². The minimum Gasteiger partial charge on any atom is -0.387 e. The van der Waals surface area contributed by atoms with Gasteiger partial charge in [-0.15, -0.1) is 25.3 Å². The highest BCUT2D eigenvalue weighted by Gasteiger charge is 2.49. The molecule has 23 nitrogen and oxygen atoms in total. The Morgan fingerprint density at radius 1 is 0.936 bits per heavy atom. The molecule has 6 rings (SSSR count). The van der Waals surface area contributed by atoms with Crippen molar-refractivity contribution in [1.82, 2.24) is 19.9 Å². The SMILES string of the molecule is Nc1nc2c(c(=O)[nH]1)NCN2[C@@H]1O[C@H](COP(=O)(O)OP(=O)(O)OC[C@H]2O[C@H]3N=c4nc(N)[nH]c(=O)c4=N[C@H]3C(S)=C2S)[C@@H](O)[C@H]1O. The lowest BCUT2D eigenvalue weighted by atomic mass is 10.1. The second-order valence-corrected chi connectivity index (χ2v) is 14.2. The first-order valence-electron chi connectivity index (χ1n) is 13.2.